The van der Waals surface area contributed by atoms with E-state index in [-0.39, 0.29) is 23.6 Å². The number of nitrogens with one attached hydrogen (secondary N) is 1. The lowest BCUT2D eigenvalue weighted by Gasteiger charge is -2.12. The molecule has 0 saturated heterocycles. The van der Waals surface area contributed by atoms with E-state index in [9.17, 15) is 13.2 Å². The largest absolute Gasteiger partial charge is 0.462 e. The number of esters is 1. The van der Waals surface area contributed by atoms with Gasteiger partial charge < -0.3 is 9.30 Å². The SMILES string of the molecule is CCOC(=O)c1ccc(S(=O)(=O)NCc2nccn2CC(C)C)c(Br)c1. The first kappa shape index (κ1) is 20.6. The number of sulfonamides is 1. The second-order valence-electron chi connectivity index (χ2n) is 6.08. The van der Waals surface area contributed by atoms with Crippen LogP contribution >= 0.6 is 15.9 Å². The molecule has 142 valence electrons. The van der Waals surface area contributed by atoms with E-state index in [0.29, 0.717) is 16.2 Å². The molecular formula is C17H22BrN3O4S. The van der Waals surface area contributed by atoms with Gasteiger partial charge in [-0.25, -0.2) is 22.9 Å². The fourth-order valence-corrected chi connectivity index (χ4v) is 4.42. The Bertz CT molecular complexity index is 878. The molecule has 0 amide bonds. The molecule has 1 heterocycles. The number of carbonyl (C=O) groups is 1. The van der Waals surface area contributed by atoms with Crippen LogP contribution in [0.25, 0.3) is 0 Å². The van der Waals surface area contributed by atoms with E-state index in [0.717, 1.165) is 6.54 Å². The predicted molar refractivity (Wildman–Crippen MR) is 101 cm³/mol. The van der Waals surface area contributed by atoms with Crippen molar-refractivity contribution < 1.29 is 17.9 Å². The van der Waals surface area contributed by atoms with Crippen molar-refractivity contribution in [2.45, 2.75) is 38.8 Å². The van der Waals surface area contributed by atoms with Gasteiger partial charge in [0.05, 0.1) is 23.6 Å². The zero-order valence-corrected chi connectivity index (χ0v) is 17.3. The summed E-state index contributed by atoms with van der Waals surface area (Å²) in [5.74, 6) is 0.562. The van der Waals surface area contributed by atoms with Gasteiger partial charge in [0.25, 0.3) is 0 Å². The molecule has 0 aliphatic rings. The van der Waals surface area contributed by atoms with Crippen LogP contribution in [-0.4, -0.2) is 30.5 Å². The average Bonchev–Trinajstić information content (AvgIpc) is 2.99. The number of carbonyl (C=O) groups excluding carboxylic acids is 1. The summed E-state index contributed by atoms with van der Waals surface area (Å²) in [6.45, 7) is 6.95. The molecule has 0 fully saturated rings. The standard InChI is InChI=1S/C17H22BrN3O4S/c1-4-25-17(22)13-5-6-15(14(18)9-13)26(23,24)20-10-16-19-7-8-21(16)11-12(2)3/h5-9,12,20H,4,10-11H2,1-3H3. The highest BCUT2D eigenvalue weighted by Crippen LogP contribution is 2.24. The van der Waals surface area contributed by atoms with Gasteiger partial charge in [0.15, 0.2) is 0 Å². The van der Waals surface area contributed by atoms with Crippen molar-refractivity contribution in [2.24, 2.45) is 5.92 Å². The lowest BCUT2D eigenvalue weighted by atomic mass is 10.2. The van der Waals surface area contributed by atoms with Crippen LogP contribution < -0.4 is 4.72 Å². The number of aromatic nitrogens is 2. The van der Waals surface area contributed by atoms with Gasteiger partial charge in [-0.3, -0.25) is 0 Å². The Kier molecular flexibility index (Phi) is 6.96. The second-order valence-corrected chi connectivity index (χ2v) is 8.67. The summed E-state index contributed by atoms with van der Waals surface area (Å²) < 4.78 is 34.9. The highest BCUT2D eigenvalue weighted by atomic mass is 79.9. The summed E-state index contributed by atoms with van der Waals surface area (Å²) in [4.78, 5) is 16.0. The minimum Gasteiger partial charge on any atom is -0.462 e. The van der Waals surface area contributed by atoms with Crippen LogP contribution in [0, 0.1) is 5.92 Å². The van der Waals surface area contributed by atoms with Crippen molar-refractivity contribution in [1.82, 2.24) is 14.3 Å². The number of nitrogens with zero attached hydrogens (tertiary/aromatic N) is 2. The van der Waals surface area contributed by atoms with E-state index in [4.69, 9.17) is 4.74 Å². The Hall–Kier alpha value is -1.71. The Morgan fingerprint density at radius 3 is 2.73 bits per heavy atom. The van der Waals surface area contributed by atoms with Crippen molar-refractivity contribution in [3.63, 3.8) is 0 Å². The Labute approximate surface area is 162 Å². The molecule has 0 spiro atoms. The zero-order chi connectivity index (χ0) is 19.3. The molecule has 0 unspecified atom stereocenters. The zero-order valence-electron chi connectivity index (χ0n) is 14.9. The van der Waals surface area contributed by atoms with Gasteiger partial charge >= 0.3 is 5.97 Å². The number of imidazole rings is 1. The molecular weight excluding hydrogens is 422 g/mol. The molecule has 7 nitrogen and oxygen atoms in total. The van der Waals surface area contributed by atoms with Crippen LogP contribution in [0.2, 0.25) is 0 Å². The van der Waals surface area contributed by atoms with Crippen molar-refractivity contribution >= 4 is 31.9 Å². The number of hydrogen-bond donors (Lipinski definition) is 1. The molecule has 1 aromatic carbocycles. The lowest BCUT2D eigenvalue weighted by Crippen LogP contribution is -2.26. The summed E-state index contributed by atoms with van der Waals surface area (Å²) in [6.07, 6.45) is 3.48. The number of hydrogen-bond acceptors (Lipinski definition) is 5. The Balaban J connectivity index is 2.15. The van der Waals surface area contributed by atoms with Crippen LogP contribution in [0.4, 0.5) is 0 Å². The minimum absolute atomic E-state index is 0.0486. The highest BCUT2D eigenvalue weighted by Gasteiger charge is 2.20. The molecule has 1 N–H and O–H groups in total. The molecule has 0 saturated carbocycles. The molecule has 0 radical (unpaired) electrons. The summed E-state index contributed by atoms with van der Waals surface area (Å²) in [7, 11) is -3.77. The maximum Gasteiger partial charge on any atom is 0.338 e. The smallest absolute Gasteiger partial charge is 0.338 e. The third-order valence-electron chi connectivity index (χ3n) is 3.52. The number of rotatable bonds is 8. The van der Waals surface area contributed by atoms with Gasteiger partial charge in [0, 0.05) is 23.4 Å². The van der Waals surface area contributed by atoms with Gasteiger partial charge in [-0.1, -0.05) is 13.8 Å². The maximum absolute atomic E-state index is 12.6. The van der Waals surface area contributed by atoms with Crippen LogP contribution in [0.5, 0.6) is 0 Å². The molecule has 1 aromatic heterocycles. The topological polar surface area (TPSA) is 90.3 Å². The van der Waals surface area contributed by atoms with Crippen molar-refractivity contribution in [3.8, 4) is 0 Å². The summed E-state index contributed by atoms with van der Waals surface area (Å²) in [5, 5.41) is 0. The Morgan fingerprint density at radius 1 is 1.38 bits per heavy atom. The number of halogens is 1. The molecule has 0 aliphatic heterocycles. The van der Waals surface area contributed by atoms with Gasteiger partial charge in [-0.05, 0) is 47.0 Å². The van der Waals surface area contributed by atoms with E-state index in [1.54, 1.807) is 13.1 Å². The average molecular weight is 444 g/mol. The molecule has 0 atom stereocenters. The first-order valence-electron chi connectivity index (χ1n) is 8.21. The van der Waals surface area contributed by atoms with Crippen LogP contribution in [0.1, 0.15) is 37.0 Å². The molecule has 0 bridgehead atoms. The lowest BCUT2D eigenvalue weighted by molar-refractivity contribution is 0.0526. The highest BCUT2D eigenvalue weighted by molar-refractivity contribution is 9.10. The van der Waals surface area contributed by atoms with Crippen molar-refractivity contribution in [1.29, 1.82) is 0 Å². The van der Waals surface area contributed by atoms with Crippen LogP contribution in [0.15, 0.2) is 40.0 Å². The van der Waals surface area contributed by atoms with E-state index < -0.39 is 16.0 Å². The third kappa shape index (κ3) is 5.15. The van der Waals surface area contributed by atoms with E-state index in [1.807, 2.05) is 10.8 Å². The van der Waals surface area contributed by atoms with Crippen molar-refractivity contribution in [3.05, 3.63) is 46.5 Å². The fraction of sp³-hybridized carbons (Fsp3) is 0.412. The quantitative estimate of drug-likeness (QED) is 0.633. The molecule has 9 heteroatoms. The van der Waals surface area contributed by atoms with E-state index >= 15 is 0 Å². The molecule has 2 rings (SSSR count). The predicted octanol–water partition coefficient (Wildman–Crippen LogP) is 2.96. The first-order chi connectivity index (χ1) is 12.2. The first-order valence-corrected chi connectivity index (χ1v) is 10.5. The number of ether oxygens (including phenoxy) is 1. The third-order valence-corrected chi connectivity index (χ3v) is 5.89. The van der Waals surface area contributed by atoms with E-state index in [1.165, 1.54) is 18.2 Å². The summed E-state index contributed by atoms with van der Waals surface area (Å²) in [5.41, 5.74) is 0.283. The molecule has 26 heavy (non-hydrogen) atoms. The van der Waals surface area contributed by atoms with Crippen LogP contribution in [-0.2, 0) is 27.8 Å². The van der Waals surface area contributed by atoms with E-state index in [2.05, 4.69) is 39.5 Å². The maximum atomic E-state index is 12.6. The fourth-order valence-electron chi connectivity index (χ4n) is 2.36. The second kappa shape index (κ2) is 8.79. The molecule has 0 aliphatic carbocycles. The monoisotopic (exact) mass is 443 g/mol. The summed E-state index contributed by atoms with van der Waals surface area (Å²) >= 11 is 3.22. The minimum atomic E-state index is -3.77. The van der Waals surface area contributed by atoms with Gasteiger partial charge in [0.2, 0.25) is 10.0 Å². The van der Waals surface area contributed by atoms with Crippen molar-refractivity contribution in [2.75, 3.05) is 6.61 Å². The summed E-state index contributed by atoms with van der Waals surface area (Å²) in [6, 6.07) is 4.24. The normalized spacial score (nSPS) is 11.7. The Morgan fingerprint density at radius 2 is 2.12 bits per heavy atom. The molecule has 2 aromatic rings. The van der Waals surface area contributed by atoms with Gasteiger partial charge in [-0.2, -0.15) is 0 Å². The van der Waals surface area contributed by atoms with Gasteiger partial charge in [-0.15, -0.1) is 0 Å². The van der Waals surface area contributed by atoms with Crippen LogP contribution in [0.3, 0.4) is 0 Å². The van der Waals surface area contributed by atoms with Gasteiger partial charge in [0.1, 0.15) is 5.82 Å². The number of benzene rings is 1.